The highest BCUT2D eigenvalue weighted by molar-refractivity contribution is 7.89. The Balaban J connectivity index is 1.93. The Morgan fingerprint density at radius 3 is 2.65 bits per heavy atom. The van der Waals surface area contributed by atoms with E-state index in [4.69, 9.17) is 18.7 Å². The third-order valence-corrected chi connectivity index (χ3v) is 4.31. The number of benzene rings is 1. The van der Waals surface area contributed by atoms with E-state index in [1.165, 1.54) is 26.4 Å². The van der Waals surface area contributed by atoms with E-state index in [-0.39, 0.29) is 17.3 Å². The molecule has 0 unspecified atom stereocenters. The normalized spacial score (nSPS) is 11.4. The summed E-state index contributed by atoms with van der Waals surface area (Å²) in [6.45, 7) is 0.214. The Hall–Kier alpha value is -2.03. The van der Waals surface area contributed by atoms with Gasteiger partial charge in [-0.15, -0.1) is 0 Å². The maximum atomic E-state index is 12.3. The highest BCUT2D eigenvalue weighted by Crippen LogP contribution is 2.27. The SMILES string of the molecule is COc1ccc(OC)c(S(=O)(=O)NOCCCc2ccco2)c1. The van der Waals surface area contributed by atoms with Crippen molar-refractivity contribution in [3.05, 3.63) is 42.4 Å². The van der Waals surface area contributed by atoms with Gasteiger partial charge in [0.05, 0.1) is 27.1 Å². The van der Waals surface area contributed by atoms with Gasteiger partial charge >= 0.3 is 0 Å². The molecule has 0 atom stereocenters. The molecule has 1 aromatic heterocycles. The van der Waals surface area contributed by atoms with E-state index in [1.807, 2.05) is 6.07 Å². The van der Waals surface area contributed by atoms with Crippen molar-refractivity contribution < 1.29 is 27.1 Å². The average Bonchev–Trinajstić information content (AvgIpc) is 3.07. The molecule has 0 bridgehead atoms. The van der Waals surface area contributed by atoms with Crippen LogP contribution in [-0.2, 0) is 21.3 Å². The topological polar surface area (TPSA) is 87.0 Å². The van der Waals surface area contributed by atoms with Gasteiger partial charge in [-0.3, -0.25) is 4.84 Å². The van der Waals surface area contributed by atoms with E-state index >= 15 is 0 Å². The molecule has 0 saturated heterocycles. The summed E-state index contributed by atoms with van der Waals surface area (Å²) in [7, 11) is -1.02. The van der Waals surface area contributed by atoms with Crippen molar-refractivity contribution >= 4 is 10.0 Å². The van der Waals surface area contributed by atoms with E-state index in [9.17, 15) is 8.42 Å². The third kappa shape index (κ3) is 4.72. The van der Waals surface area contributed by atoms with E-state index < -0.39 is 10.0 Å². The Labute approximate surface area is 135 Å². The number of hydrogen-bond acceptors (Lipinski definition) is 6. The molecule has 0 aliphatic rings. The number of nitrogens with one attached hydrogen (secondary N) is 1. The Bertz CT molecular complexity index is 712. The van der Waals surface area contributed by atoms with Crippen molar-refractivity contribution in [2.45, 2.75) is 17.7 Å². The van der Waals surface area contributed by atoms with Gasteiger partial charge in [-0.25, -0.2) is 8.42 Å². The number of rotatable bonds is 9. The maximum Gasteiger partial charge on any atom is 0.266 e. The fourth-order valence-electron chi connectivity index (χ4n) is 1.93. The summed E-state index contributed by atoms with van der Waals surface area (Å²) in [5.41, 5.74) is 0. The molecule has 2 aromatic rings. The number of furan rings is 1. The fourth-order valence-corrected chi connectivity index (χ4v) is 2.95. The van der Waals surface area contributed by atoms with Crippen LogP contribution in [0, 0.1) is 0 Å². The molecular formula is C15H19NO6S. The van der Waals surface area contributed by atoms with Gasteiger partial charge in [-0.2, -0.15) is 0 Å². The lowest BCUT2D eigenvalue weighted by atomic mass is 10.3. The standard InChI is InChI=1S/C15H19NO6S/c1-19-13-7-8-14(20-2)15(11-13)23(17,18)16-22-10-4-6-12-5-3-9-21-12/h3,5,7-9,11,16H,4,6,10H2,1-2H3. The highest BCUT2D eigenvalue weighted by Gasteiger charge is 2.20. The summed E-state index contributed by atoms with van der Waals surface area (Å²) >= 11 is 0. The zero-order chi connectivity index (χ0) is 16.7. The van der Waals surface area contributed by atoms with Crippen molar-refractivity contribution in [2.24, 2.45) is 0 Å². The number of ether oxygens (including phenoxy) is 2. The molecule has 0 saturated carbocycles. The van der Waals surface area contributed by atoms with Gasteiger partial charge in [0, 0.05) is 12.5 Å². The summed E-state index contributed by atoms with van der Waals surface area (Å²) in [5.74, 6) is 1.44. The van der Waals surface area contributed by atoms with E-state index in [0.717, 1.165) is 5.76 Å². The van der Waals surface area contributed by atoms with Gasteiger partial charge in [-0.05, 0) is 30.7 Å². The van der Waals surface area contributed by atoms with E-state index in [0.29, 0.717) is 18.6 Å². The van der Waals surface area contributed by atoms with Gasteiger partial charge in [0.2, 0.25) is 0 Å². The van der Waals surface area contributed by atoms with Crippen LogP contribution in [0.15, 0.2) is 45.9 Å². The molecule has 0 aliphatic heterocycles. The largest absolute Gasteiger partial charge is 0.497 e. The first-order valence-electron chi connectivity index (χ1n) is 6.95. The number of methoxy groups -OCH3 is 2. The van der Waals surface area contributed by atoms with Crippen LogP contribution in [-0.4, -0.2) is 29.2 Å². The van der Waals surface area contributed by atoms with Gasteiger partial charge < -0.3 is 13.9 Å². The van der Waals surface area contributed by atoms with Crippen LogP contribution < -0.4 is 14.4 Å². The molecule has 126 valence electrons. The minimum Gasteiger partial charge on any atom is -0.497 e. The molecule has 0 amide bonds. The zero-order valence-corrected chi connectivity index (χ0v) is 13.8. The molecule has 0 radical (unpaired) electrons. The lowest BCUT2D eigenvalue weighted by Crippen LogP contribution is -2.25. The Kier molecular flexibility index (Phi) is 6.03. The van der Waals surface area contributed by atoms with Crippen molar-refractivity contribution in [1.29, 1.82) is 0 Å². The second-order valence-corrected chi connectivity index (χ2v) is 6.25. The first-order chi connectivity index (χ1) is 11.1. The van der Waals surface area contributed by atoms with Gasteiger partial charge in [0.15, 0.2) is 0 Å². The van der Waals surface area contributed by atoms with Crippen molar-refractivity contribution in [2.75, 3.05) is 20.8 Å². The van der Waals surface area contributed by atoms with Crippen LogP contribution in [0.3, 0.4) is 0 Å². The molecule has 0 fully saturated rings. The predicted molar refractivity (Wildman–Crippen MR) is 82.8 cm³/mol. The number of aryl methyl sites for hydroxylation is 1. The number of hydrogen-bond donors (Lipinski definition) is 1. The zero-order valence-electron chi connectivity index (χ0n) is 12.9. The molecule has 2 rings (SSSR count). The molecule has 1 N–H and O–H groups in total. The fraction of sp³-hybridized carbons (Fsp3) is 0.333. The molecule has 23 heavy (non-hydrogen) atoms. The molecule has 1 heterocycles. The second kappa shape index (κ2) is 8.00. The molecule has 8 heteroatoms. The van der Waals surface area contributed by atoms with Crippen LogP contribution in [0.2, 0.25) is 0 Å². The van der Waals surface area contributed by atoms with Crippen LogP contribution >= 0.6 is 0 Å². The van der Waals surface area contributed by atoms with Gasteiger partial charge in [0.1, 0.15) is 22.2 Å². The summed E-state index contributed by atoms with van der Waals surface area (Å²) in [6, 6.07) is 8.15. The quantitative estimate of drug-likeness (QED) is 0.555. The minimum absolute atomic E-state index is 0.0506. The van der Waals surface area contributed by atoms with E-state index in [1.54, 1.807) is 18.4 Å². The highest BCUT2D eigenvalue weighted by atomic mass is 32.2. The number of sulfonamides is 1. The lowest BCUT2D eigenvalue weighted by Gasteiger charge is -2.12. The lowest BCUT2D eigenvalue weighted by molar-refractivity contribution is 0.0904. The van der Waals surface area contributed by atoms with E-state index in [2.05, 4.69) is 4.89 Å². The summed E-state index contributed by atoms with van der Waals surface area (Å²) < 4.78 is 39.8. The molecular weight excluding hydrogens is 322 g/mol. The first-order valence-corrected chi connectivity index (χ1v) is 8.43. The monoisotopic (exact) mass is 341 g/mol. The predicted octanol–water partition coefficient (Wildman–Crippen LogP) is 2.14. The molecule has 0 spiro atoms. The maximum absolute atomic E-state index is 12.3. The van der Waals surface area contributed by atoms with Gasteiger partial charge in [-0.1, -0.05) is 4.89 Å². The molecule has 7 nitrogen and oxygen atoms in total. The summed E-state index contributed by atoms with van der Waals surface area (Å²) in [5, 5.41) is 0. The van der Waals surface area contributed by atoms with Crippen molar-refractivity contribution in [3.8, 4) is 11.5 Å². The van der Waals surface area contributed by atoms with Crippen LogP contribution in [0.4, 0.5) is 0 Å². The third-order valence-electron chi connectivity index (χ3n) is 3.08. The minimum atomic E-state index is -3.87. The van der Waals surface area contributed by atoms with Crippen molar-refractivity contribution in [1.82, 2.24) is 4.89 Å². The Morgan fingerprint density at radius 1 is 1.17 bits per heavy atom. The molecule has 1 aromatic carbocycles. The summed E-state index contributed by atoms with van der Waals surface area (Å²) in [6.07, 6.45) is 2.87. The van der Waals surface area contributed by atoms with Crippen molar-refractivity contribution in [3.63, 3.8) is 0 Å². The molecule has 0 aliphatic carbocycles. The van der Waals surface area contributed by atoms with Gasteiger partial charge in [0.25, 0.3) is 10.0 Å². The second-order valence-electron chi connectivity index (χ2n) is 4.63. The van der Waals surface area contributed by atoms with Crippen LogP contribution in [0.1, 0.15) is 12.2 Å². The van der Waals surface area contributed by atoms with Crippen LogP contribution in [0.25, 0.3) is 0 Å². The average molecular weight is 341 g/mol. The van der Waals surface area contributed by atoms with Crippen LogP contribution in [0.5, 0.6) is 11.5 Å². The Morgan fingerprint density at radius 2 is 2.00 bits per heavy atom. The summed E-state index contributed by atoms with van der Waals surface area (Å²) in [4.78, 5) is 7.09. The smallest absolute Gasteiger partial charge is 0.266 e. The first kappa shape index (κ1) is 17.3.